The van der Waals surface area contributed by atoms with Crippen molar-refractivity contribution in [3.63, 3.8) is 0 Å². The number of methoxy groups -OCH3 is 2. The van der Waals surface area contributed by atoms with E-state index in [9.17, 15) is 14.4 Å². The maximum atomic E-state index is 13.1. The lowest BCUT2D eigenvalue weighted by atomic mass is 9.82. The second-order valence-corrected chi connectivity index (χ2v) is 12.2. The Bertz CT molecular complexity index is 1360. The number of hydrogen-bond donors (Lipinski definition) is 1. The van der Waals surface area contributed by atoms with E-state index in [1.807, 2.05) is 13.8 Å². The highest BCUT2D eigenvalue weighted by Crippen LogP contribution is 2.42. The lowest BCUT2D eigenvalue weighted by Gasteiger charge is -2.33. The molecule has 0 amide bonds. The van der Waals surface area contributed by atoms with Gasteiger partial charge in [0.15, 0.2) is 5.76 Å². The molecule has 0 aliphatic heterocycles. The molecule has 2 heterocycles. The first-order valence-corrected chi connectivity index (χ1v) is 12.4. The Morgan fingerprint density at radius 1 is 0.895 bits per heavy atom. The van der Waals surface area contributed by atoms with Crippen LogP contribution < -0.4 is 5.32 Å². The van der Waals surface area contributed by atoms with E-state index in [4.69, 9.17) is 18.6 Å². The molecule has 3 aromatic rings. The monoisotopic (exact) mass is 526 g/mol. The van der Waals surface area contributed by atoms with Gasteiger partial charge in [0.05, 0.1) is 19.7 Å². The molecule has 1 N–H and O–H groups in total. The van der Waals surface area contributed by atoms with Gasteiger partial charge < -0.3 is 23.9 Å². The number of fused-ring (bicyclic) bond motifs is 1. The number of furan rings is 1. The van der Waals surface area contributed by atoms with Crippen molar-refractivity contribution >= 4 is 34.8 Å². The van der Waals surface area contributed by atoms with E-state index in [0.29, 0.717) is 16.5 Å². The zero-order chi connectivity index (χ0) is 28.6. The molecule has 9 nitrogen and oxygen atoms in total. The van der Waals surface area contributed by atoms with Crippen LogP contribution in [0.5, 0.6) is 0 Å². The Hall–Kier alpha value is -3.75. The van der Waals surface area contributed by atoms with E-state index in [-0.39, 0.29) is 28.2 Å². The summed E-state index contributed by atoms with van der Waals surface area (Å²) in [6, 6.07) is 7.15. The normalized spacial score (nSPS) is 12.4. The average molecular weight is 527 g/mol. The summed E-state index contributed by atoms with van der Waals surface area (Å²) in [7, 11) is 2.45. The molecule has 9 heteroatoms. The number of anilines is 1. The van der Waals surface area contributed by atoms with Crippen LogP contribution in [0.3, 0.4) is 0 Å². The van der Waals surface area contributed by atoms with Gasteiger partial charge in [0.2, 0.25) is 5.88 Å². The number of para-hydroxylation sites is 1. The standard InChI is InChI=1S/C29H38N2O7/c1-27(2,3)16-29(7,8)30-23-21(25(33)36-10)20(24(32)35-9)22(37-23)18-15-31(26(34)38-28(4,5)6)19-14-12-11-13-17(18)19/h11-15,30H,16H2,1-10H3. The van der Waals surface area contributed by atoms with Gasteiger partial charge in [-0.05, 0) is 52.5 Å². The van der Waals surface area contributed by atoms with Crippen LogP contribution in [0.15, 0.2) is 34.9 Å². The number of carbonyl (C=O) groups excluding carboxylic acids is 3. The number of hydrogen-bond acceptors (Lipinski definition) is 8. The topological polar surface area (TPSA) is 109 Å². The smallest absolute Gasteiger partial charge is 0.419 e. The number of benzene rings is 1. The van der Waals surface area contributed by atoms with Crippen LogP contribution in [0.4, 0.5) is 10.7 Å². The molecule has 3 rings (SSSR count). The number of nitrogens with one attached hydrogen (secondary N) is 1. The molecule has 2 aromatic heterocycles. The van der Waals surface area contributed by atoms with Gasteiger partial charge in [0, 0.05) is 22.7 Å². The number of rotatable bonds is 6. The second kappa shape index (κ2) is 10.2. The van der Waals surface area contributed by atoms with Crippen LogP contribution in [-0.2, 0) is 14.2 Å². The number of ether oxygens (including phenoxy) is 3. The second-order valence-electron chi connectivity index (χ2n) is 12.2. The van der Waals surface area contributed by atoms with E-state index >= 15 is 0 Å². The number of esters is 2. The first-order chi connectivity index (χ1) is 17.5. The van der Waals surface area contributed by atoms with Crippen LogP contribution in [0.1, 0.15) is 82.5 Å². The summed E-state index contributed by atoms with van der Waals surface area (Å²) in [6.07, 6.45) is 1.67. The van der Waals surface area contributed by atoms with Crippen LogP contribution in [0.25, 0.3) is 22.2 Å². The summed E-state index contributed by atoms with van der Waals surface area (Å²) in [4.78, 5) is 39.2. The first-order valence-electron chi connectivity index (χ1n) is 12.4. The van der Waals surface area contributed by atoms with Gasteiger partial charge in [-0.15, -0.1) is 0 Å². The number of aromatic nitrogens is 1. The highest BCUT2D eigenvalue weighted by Gasteiger charge is 2.37. The zero-order valence-electron chi connectivity index (χ0n) is 23.9. The minimum absolute atomic E-state index is 0.0383. The largest absolute Gasteiger partial charge is 0.465 e. The molecule has 0 aliphatic rings. The third-order valence-electron chi connectivity index (χ3n) is 5.66. The lowest BCUT2D eigenvalue weighted by molar-refractivity contribution is 0.0542. The maximum Gasteiger partial charge on any atom is 0.419 e. The molecule has 0 atom stereocenters. The summed E-state index contributed by atoms with van der Waals surface area (Å²) in [5, 5.41) is 3.92. The Labute approximate surface area is 223 Å². The van der Waals surface area contributed by atoms with Gasteiger partial charge >= 0.3 is 18.0 Å². The van der Waals surface area contributed by atoms with Crippen LogP contribution >= 0.6 is 0 Å². The summed E-state index contributed by atoms with van der Waals surface area (Å²) >= 11 is 0. The minimum Gasteiger partial charge on any atom is -0.465 e. The average Bonchev–Trinajstić information content (AvgIpc) is 3.33. The molecular weight excluding hydrogens is 488 g/mol. The molecule has 0 saturated carbocycles. The fourth-order valence-electron chi connectivity index (χ4n) is 4.80. The Kier molecular flexibility index (Phi) is 7.73. The SMILES string of the molecule is COC(=O)c1c(NC(C)(C)CC(C)(C)C)oc(-c2cn(C(=O)OC(C)(C)C)c3ccccc23)c1C(=O)OC. The van der Waals surface area contributed by atoms with Crippen molar-refractivity contribution in [3.8, 4) is 11.3 Å². The van der Waals surface area contributed by atoms with Gasteiger partial charge in [0.25, 0.3) is 0 Å². The van der Waals surface area contributed by atoms with Gasteiger partial charge in [-0.1, -0.05) is 39.0 Å². The molecule has 0 saturated heterocycles. The van der Waals surface area contributed by atoms with Gasteiger partial charge in [0.1, 0.15) is 16.7 Å². The van der Waals surface area contributed by atoms with Crippen LogP contribution in [0, 0.1) is 5.41 Å². The molecule has 206 valence electrons. The van der Waals surface area contributed by atoms with E-state index in [2.05, 4.69) is 26.1 Å². The van der Waals surface area contributed by atoms with Crippen molar-refractivity contribution in [2.24, 2.45) is 5.41 Å². The summed E-state index contributed by atoms with van der Waals surface area (Å²) < 4.78 is 23.3. The zero-order valence-corrected chi connectivity index (χ0v) is 23.9. The van der Waals surface area contributed by atoms with E-state index in [1.54, 1.807) is 45.0 Å². The summed E-state index contributed by atoms with van der Waals surface area (Å²) in [6.45, 7) is 15.6. The molecule has 1 aromatic carbocycles. The van der Waals surface area contributed by atoms with Crippen molar-refractivity contribution in [1.29, 1.82) is 0 Å². The maximum absolute atomic E-state index is 13.1. The van der Waals surface area contributed by atoms with Crippen molar-refractivity contribution in [2.75, 3.05) is 19.5 Å². The first kappa shape index (κ1) is 28.8. The molecule has 38 heavy (non-hydrogen) atoms. The van der Waals surface area contributed by atoms with Crippen molar-refractivity contribution in [1.82, 2.24) is 4.57 Å². The third-order valence-corrected chi connectivity index (χ3v) is 5.66. The predicted molar refractivity (Wildman–Crippen MR) is 146 cm³/mol. The Morgan fingerprint density at radius 2 is 1.47 bits per heavy atom. The molecule has 0 radical (unpaired) electrons. The van der Waals surface area contributed by atoms with Gasteiger partial charge in [-0.2, -0.15) is 0 Å². The van der Waals surface area contributed by atoms with Gasteiger partial charge in [-0.25, -0.2) is 14.4 Å². The predicted octanol–water partition coefficient (Wildman–Crippen LogP) is 6.88. The van der Waals surface area contributed by atoms with Gasteiger partial charge in [-0.3, -0.25) is 4.57 Å². The lowest BCUT2D eigenvalue weighted by Crippen LogP contribution is -2.35. The van der Waals surface area contributed by atoms with Crippen LogP contribution in [0.2, 0.25) is 0 Å². The highest BCUT2D eigenvalue weighted by molar-refractivity contribution is 6.12. The Morgan fingerprint density at radius 3 is 2.03 bits per heavy atom. The number of carbonyl (C=O) groups is 3. The minimum atomic E-state index is -0.778. The fourth-order valence-corrected chi connectivity index (χ4v) is 4.80. The van der Waals surface area contributed by atoms with E-state index in [1.165, 1.54) is 25.0 Å². The number of nitrogens with zero attached hydrogens (tertiary/aromatic N) is 1. The van der Waals surface area contributed by atoms with Crippen molar-refractivity contribution < 1.29 is 33.0 Å². The molecular formula is C29H38N2O7. The highest BCUT2D eigenvalue weighted by atomic mass is 16.6. The van der Waals surface area contributed by atoms with Crippen LogP contribution in [-0.4, -0.2) is 48.0 Å². The fraction of sp³-hybridized carbons (Fsp3) is 0.483. The third kappa shape index (κ3) is 6.20. The van der Waals surface area contributed by atoms with Crippen molar-refractivity contribution in [3.05, 3.63) is 41.6 Å². The Balaban J connectivity index is 2.32. The summed E-state index contributed by atoms with van der Waals surface area (Å²) in [5.41, 5.74) is -0.494. The molecule has 0 fully saturated rings. The molecule has 0 aliphatic carbocycles. The van der Waals surface area contributed by atoms with E-state index in [0.717, 1.165) is 6.42 Å². The summed E-state index contributed by atoms with van der Waals surface area (Å²) in [5.74, 6) is -1.38. The van der Waals surface area contributed by atoms with E-state index < -0.39 is 29.2 Å². The molecule has 0 unspecified atom stereocenters. The van der Waals surface area contributed by atoms with Crippen molar-refractivity contribution in [2.45, 2.75) is 73.0 Å². The molecule has 0 spiro atoms. The molecule has 0 bridgehead atoms. The quantitative estimate of drug-likeness (QED) is 0.273.